The van der Waals surface area contributed by atoms with Crippen molar-refractivity contribution in [3.63, 3.8) is 0 Å². The van der Waals surface area contributed by atoms with E-state index in [9.17, 15) is 4.79 Å². The molecule has 1 aliphatic heterocycles. The summed E-state index contributed by atoms with van der Waals surface area (Å²) < 4.78 is 7.69. The van der Waals surface area contributed by atoms with Crippen molar-refractivity contribution in [3.8, 4) is 0 Å². The predicted octanol–water partition coefficient (Wildman–Crippen LogP) is 1.67. The molecule has 7 heteroatoms. The van der Waals surface area contributed by atoms with Crippen molar-refractivity contribution in [3.05, 3.63) is 35.6 Å². The van der Waals surface area contributed by atoms with Gasteiger partial charge in [-0.25, -0.2) is 9.97 Å². The molecule has 136 valence electrons. The lowest BCUT2D eigenvalue weighted by molar-refractivity contribution is 0.0726. The molecule has 0 N–H and O–H groups in total. The summed E-state index contributed by atoms with van der Waals surface area (Å²) in [4.78, 5) is 25.8. The van der Waals surface area contributed by atoms with Crippen molar-refractivity contribution >= 4 is 5.91 Å². The zero-order valence-corrected chi connectivity index (χ0v) is 15.4. The van der Waals surface area contributed by atoms with Crippen LogP contribution >= 0.6 is 0 Å². The Balaban J connectivity index is 1.56. The Morgan fingerprint density at radius 2 is 2.12 bits per heavy atom. The lowest BCUT2D eigenvalue weighted by atomic mass is 10.3. The lowest BCUT2D eigenvalue weighted by Crippen LogP contribution is -2.36. The van der Waals surface area contributed by atoms with Gasteiger partial charge in [-0.2, -0.15) is 0 Å². The van der Waals surface area contributed by atoms with Crippen LogP contribution in [-0.4, -0.2) is 63.0 Å². The van der Waals surface area contributed by atoms with Crippen LogP contribution in [0, 0.1) is 6.92 Å². The van der Waals surface area contributed by atoms with Gasteiger partial charge in [0.25, 0.3) is 5.91 Å². The van der Waals surface area contributed by atoms with Crippen LogP contribution < -0.4 is 0 Å². The van der Waals surface area contributed by atoms with Gasteiger partial charge in [0.1, 0.15) is 5.82 Å². The van der Waals surface area contributed by atoms with E-state index >= 15 is 0 Å². The third kappa shape index (κ3) is 4.10. The molecule has 25 heavy (non-hydrogen) atoms. The molecule has 0 aliphatic carbocycles. The molecule has 3 heterocycles. The van der Waals surface area contributed by atoms with E-state index in [0.29, 0.717) is 23.8 Å². The maximum Gasteiger partial charge on any atom is 0.291 e. The number of rotatable bonds is 5. The van der Waals surface area contributed by atoms with Crippen LogP contribution in [0.15, 0.2) is 16.8 Å². The molecule has 1 saturated heterocycles. The summed E-state index contributed by atoms with van der Waals surface area (Å²) in [6, 6.07) is 0. The number of nitrogens with zero attached hydrogens (tertiary/aromatic N) is 5. The molecule has 1 amide bonds. The van der Waals surface area contributed by atoms with E-state index in [-0.39, 0.29) is 5.91 Å². The highest BCUT2D eigenvalue weighted by Gasteiger charge is 2.25. The Morgan fingerprint density at radius 1 is 1.28 bits per heavy atom. The fourth-order valence-electron chi connectivity index (χ4n) is 3.24. The van der Waals surface area contributed by atoms with Gasteiger partial charge in [0, 0.05) is 58.5 Å². The minimum absolute atomic E-state index is 0.0318. The van der Waals surface area contributed by atoms with E-state index in [1.54, 1.807) is 0 Å². The molecule has 2 aromatic rings. The second kappa shape index (κ2) is 7.82. The molecule has 2 aromatic heterocycles. The Bertz CT molecular complexity index is 721. The number of amides is 1. The van der Waals surface area contributed by atoms with Crippen LogP contribution in [-0.2, 0) is 19.9 Å². The summed E-state index contributed by atoms with van der Waals surface area (Å²) in [5, 5.41) is 0. The van der Waals surface area contributed by atoms with Crippen molar-refractivity contribution in [2.75, 3.05) is 32.7 Å². The third-order valence-corrected chi connectivity index (χ3v) is 4.79. The van der Waals surface area contributed by atoms with Crippen LogP contribution in [0.3, 0.4) is 0 Å². The third-order valence-electron chi connectivity index (χ3n) is 4.79. The van der Waals surface area contributed by atoms with E-state index in [4.69, 9.17) is 4.42 Å². The zero-order valence-electron chi connectivity index (χ0n) is 15.4. The van der Waals surface area contributed by atoms with Crippen molar-refractivity contribution < 1.29 is 9.21 Å². The van der Waals surface area contributed by atoms with Crippen molar-refractivity contribution in [1.82, 2.24) is 24.3 Å². The highest BCUT2D eigenvalue weighted by molar-refractivity contribution is 5.92. The summed E-state index contributed by atoms with van der Waals surface area (Å²) in [7, 11) is 2.02. The molecule has 1 fully saturated rings. The highest BCUT2D eigenvalue weighted by Crippen LogP contribution is 2.15. The highest BCUT2D eigenvalue weighted by atomic mass is 16.4. The minimum atomic E-state index is -0.0318. The van der Waals surface area contributed by atoms with Gasteiger partial charge in [0.05, 0.1) is 5.69 Å². The van der Waals surface area contributed by atoms with Crippen LogP contribution in [0.1, 0.15) is 41.3 Å². The van der Waals surface area contributed by atoms with Crippen molar-refractivity contribution in [2.45, 2.75) is 33.1 Å². The molecule has 0 radical (unpaired) electrons. The van der Waals surface area contributed by atoms with Crippen LogP contribution in [0.25, 0.3) is 0 Å². The monoisotopic (exact) mass is 345 g/mol. The van der Waals surface area contributed by atoms with Crippen molar-refractivity contribution in [1.29, 1.82) is 0 Å². The largest absolute Gasteiger partial charge is 0.435 e. The topological polar surface area (TPSA) is 67.4 Å². The minimum Gasteiger partial charge on any atom is -0.435 e. The van der Waals surface area contributed by atoms with Gasteiger partial charge in [-0.05, 0) is 19.9 Å². The van der Waals surface area contributed by atoms with E-state index in [2.05, 4.69) is 19.4 Å². The molecule has 0 saturated carbocycles. The summed E-state index contributed by atoms with van der Waals surface area (Å²) in [6.07, 6.45) is 6.42. The second-order valence-electron chi connectivity index (χ2n) is 6.57. The van der Waals surface area contributed by atoms with Gasteiger partial charge >= 0.3 is 0 Å². The summed E-state index contributed by atoms with van der Waals surface area (Å²) in [6.45, 7) is 8.15. The zero-order chi connectivity index (χ0) is 17.8. The number of carbonyl (C=O) groups excluding carboxylic acids is 1. The van der Waals surface area contributed by atoms with Gasteiger partial charge in [-0.1, -0.05) is 6.92 Å². The molecule has 0 atom stereocenters. The number of oxazole rings is 1. The maximum atomic E-state index is 12.8. The van der Waals surface area contributed by atoms with Crippen molar-refractivity contribution in [2.24, 2.45) is 7.05 Å². The number of aromatic nitrogens is 3. The Morgan fingerprint density at radius 3 is 2.80 bits per heavy atom. The van der Waals surface area contributed by atoms with Gasteiger partial charge in [-0.15, -0.1) is 0 Å². The normalized spacial score (nSPS) is 16.2. The Labute approximate surface area is 148 Å². The lowest BCUT2D eigenvalue weighted by Gasteiger charge is -2.21. The average molecular weight is 345 g/mol. The number of hydrogen-bond donors (Lipinski definition) is 0. The second-order valence-corrected chi connectivity index (χ2v) is 6.57. The summed E-state index contributed by atoms with van der Waals surface area (Å²) in [5.74, 6) is 2.10. The van der Waals surface area contributed by atoms with E-state index < -0.39 is 0 Å². The van der Waals surface area contributed by atoms with E-state index in [1.165, 1.54) is 0 Å². The van der Waals surface area contributed by atoms with Gasteiger partial charge in [0.15, 0.2) is 5.89 Å². The van der Waals surface area contributed by atoms with Crippen LogP contribution in [0.5, 0.6) is 0 Å². The molecule has 7 nitrogen and oxygen atoms in total. The smallest absolute Gasteiger partial charge is 0.291 e. The van der Waals surface area contributed by atoms with Gasteiger partial charge in [0.2, 0.25) is 5.76 Å². The Hall–Kier alpha value is -2.15. The van der Waals surface area contributed by atoms with E-state index in [0.717, 1.165) is 51.4 Å². The number of hydrogen-bond acceptors (Lipinski definition) is 5. The average Bonchev–Trinajstić information content (AvgIpc) is 3.10. The van der Waals surface area contributed by atoms with Gasteiger partial charge < -0.3 is 18.8 Å². The first-order valence-electron chi connectivity index (χ1n) is 9.02. The number of aryl methyl sites for hydroxylation is 3. The molecule has 3 rings (SSSR count). The van der Waals surface area contributed by atoms with Crippen LogP contribution in [0.4, 0.5) is 0 Å². The van der Waals surface area contributed by atoms with E-state index in [1.807, 2.05) is 38.2 Å². The molecular formula is C18H27N5O2. The van der Waals surface area contributed by atoms with Gasteiger partial charge in [-0.3, -0.25) is 4.79 Å². The number of imidazole rings is 1. The fourth-order valence-corrected chi connectivity index (χ4v) is 3.24. The summed E-state index contributed by atoms with van der Waals surface area (Å²) in [5.41, 5.74) is 0.692. The predicted molar refractivity (Wildman–Crippen MR) is 94.5 cm³/mol. The Kier molecular flexibility index (Phi) is 5.53. The first kappa shape index (κ1) is 17.7. The molecule has 0 unspecified atom stereocenters. The molecule has 0 spiro atoms. The molecule has 1 aliphatic rings. The SMILES string of the molecule is CCc1nc(C)c(C(=O)N2CCCN(CCc3nccn3C)CC2)o1. The quantitative estimate of drug-likeness (QED) is 0.825. The number of carbonyl (C=O) groups is 1. The molecular weight excluding hydrogens is 318 g/mol. The molecule has 0 bridgehead atoms. The first-order chi connectivity index (χ1) is 12.1. The maximum absolute atomic E-state index is 12.8. The first-order valence-corrected chi connectivity index (χ1v) is 9.02. The molecule has 0 aromatic carbocycles. The summed E-state index contributed by atoms with van der Waals surface area (Å²) >= 11 is 0. The fraction of sp³-hybridized carbons (Fsp3) is 0.611. The standard InChI is InChI=1S/C18H27N5O2/c1-4-16-20-14(2)17(25-16)18(24)23-9-5-8-22(12-13-23)10-6-15-19-7-11-21(15)3/h7,11H,4-6,8-10,12-13H2,1-3H3. The van der Waals surface area contributed by atoms with Crippen LogP contribution in [0.2, 0.25) is 0 Å².